The summed E-state index contributed by atoms with van der Waals surface area (Å²) in [6, 6.07) is 14.6. The molecule has 5 rings (SSSR count). The average molecular weight is 521 g/mol. The zero-order chi connectivity index (χ0) is 22.9. The quantitative estimate of drug-likeness (QED) is 0.298. The number of carbonyl (C=O) groups is 1. The van der Waals surface area contributed by atoms with Gasteiger partial charge in [-0.1, -0.05) is 40.2 Å². The van der Waals surface area contributed by atoms with Gasteiger partial charge in [-0.15, -0.1) is 11.3 Å². The fraction of sp³-hybridized carbons (Fsp3) is 0.200. The molecule has 2 heterocycles. The minimum atomic E-state index is -0.354. The molecule has 0 saturated carbocycles. The minimum absolute atomic E-state index is 0.0681. The topological polar surface area (TPSA) is 76.3 Å². The molecule has 1 amide bonds. The van der Waals surface area contributed by atoms with Crippen LogP contribution in [-0.2, 0) is 12.8 Å². The van der Waals surface area contributed by atoms with Crippen molar-refractivity contribution in [1.82, 2.24) is 15.0 Å². The van der Waals surface area contributed by atoms with Crippen LogP contribution in [0.2, 0.25) is 0 Å². The van der Waals surface area contributed by atoms with Gasteiger partial charge in [0.15, 0.2) is 0 Å². The third-order valence-corrected chi connectivity index (χ3v) is 7.71. The van der Waals surface area contributed by atoms with Crippen molar-refractivity contribution in [2.75, 3.05) is 0 Å². The van der Waals surface area contributed by atoms with Gasteiger partial charge in [0, 0.05) is 20.5 Å². The van der Waals surface area contributed by atoms with Gasteiger partial charge in [-0.25, -0.2) is 10.4 Å². The second kappa shape index (κ2) is 9.03. The van der Waals surface area contributed by atoms with Gasteiger partial charge in [0.1, 0.15) is 10.7 Å². The Kier molecular flexibility index (Phi) is 5.95. The molecule has 0 fully saturated rings. The van der Waals surface area contributed by atoms with Gasteiger partial charge in [-0.3, -0.25) is 14.2 Å². The van der Waals surface area contributed by atoms with E-state index >= 15 is 0 Å². The fourth-order valence-corrected chi connectivity index (χ4v) is 5.89. The molecular weight excluding hydrogens is 500 g/mol. The molecule has 0 spiro atoms. The van der Waals surface area contributed by atoms with Crippen LogP contribution in [-0.4, -0.2) is 21.7 Å². The van der Waals surface area contributed by atoms with Gasteiger partial charge in [0.05, 0.1) is 17.3 Å². The molecule has 0 saturated heterocycles. The lowest BCUT2D eigenvalue weighted by atomic mass is 9.97. The Hall–Kier alpha value is -3.10. The predicted molar refractivity (Wildman–Crippen MR) is 136 cm³/mol. The summed E-state index contributed by atoms with van der Waals surface area (Å²) in [7, 11) is 0. The highest BCUT2D eigenvalue weighted by Crippen LogP contribution is 2.34. The first kappa shape index (κ1) is 21.7. The van der Waals surface area contributed by atoms with Crippen molar-refractivity contribution >= 4 is 49.6 Å². The second-order valence-electron chi connectivity index (χ2n) is 7.96. The third-order valence-electron chi connectivity index (χ3n) is 5.80. The van der Waals surface area contributed by atoms with Crippen molar-refractivity contribution in [3.63, 3.8) is 0 Å². The number of aryl methyl sites for hydroxylation is 3. The summed E-state index contributed by atoms with van der Waals surface area (Å²) in [6.07, 6.45) is 5.78. The van der Waals surface area contributed by atoms with Crippen molar-refractivity contribution in [3.8, 4) is 5.69 Å². The van der Waals surface area contributed by atoms with E-state index in [1.807, 2.05) is 37.3 Å². The molecule has 1 aliphatic carbocycles. The molecule has 0 atom stereocenters. The normalized spacial score (nSPS) is 13.4. The van der Waals surface area contributed by atoms with Gasteiger partial charge >= 0.3 is 0 Å². The molecule has 1 aliphatic rings. The monoisotopic (exact) mass is 520 g/mol. The largest absolute Gasteiger partial charge is 0.271 e. The van der Waals surface area contributed by atoms with Gasteiger partial charge < -0.3 is 0 Å². The summed E-state index contributed by atoms with van der Waals surface area (Å²) < 4.78 is 2.49. The summed E-state index contributed by atoms with van der Waals surface area (Å²) in [5.41, 5.74) is 5.53. The molecule has 33 heavy (non-hydrogen) atoms. The third kappa shape index (κ3) is 4.16. The molecule has 8 heteroatoms. The Morgan fingerprint density at radius 3 is 2.85 bits per heavy atom. The van der Waals surface area contributed by atoms with E-state index in [0.717, 1.165) is 51.5 Å². The molecule has 1 N–H and O–H groups in total. The van der Waals surface area contributed by atoms with Crippen LogP contribution in [0.25, 0.3) is 15.9 Å². The van der Waals surface area contributed by atoms with Crippen molar-refractivity contribution in [2.24, 2.45) is 5.10 Å². The van der Waals surface area contributed by atoms with E-state index in [4.69, 9.17) is 4.98 Å². The molecule has 166 valence electrons. The summed E-state index contributed by atoms with van der Waals surface area (Å²) in [5, 5.41) is 4.79. The summed E-state index contributed by atoms with van der Waals surface area (Å²) >= 11 is 5.09. The number of rotatable bonds is 4. The molecule has 0 unspecified atom stereocenters. The first-order valence-corrected chi connectivity index (χ1v) is 12.4. The van der Waals surface area contributed by atoms with Crippen molar-refractivity contribution < 1.29 is 4.79 Å². The SMILES string of the molecule is Cc1nc2sc3c(c2c(=O)n1-c1cccc(C(=O)N/N=C/c2ccccc2Br)c1)CCCC3. The molecule has 2 aromatic carbocycles. The van der Waals surface area contributed by atoms with E-state index in [1.165, 1.54) is 4.88 Å². The summed E-state index contributed by atoms with van der Waals surface area (Å²) in [4.78, 5) is 33.1. The predicted octanol–water partition coefficient (Wildman–Crippen LogP) is 5.16. The van der Waals surface area contributed by atoms with Crippen LogP contribution in [0.3, 0.4) is 0 Å². The number of amides is 1. The van der Waals surface area contributed by atoms with Crippen molar-refractivity contribution in [3.05, 3.63) is 90.7 Å². The molecule has 4 aromatic rings. The van der Waals surface area contributed by atoms with Gasteiger partial charge in [0.2, 0.25) is 0 Å². The zero-order valence-corrected chi connectivity index (χ0v) is 20.4. The van der Waals surface area contributed by atoms with Crippen LogP contribution in [0.5, 0.6) is 0 Å². The van der Waals surface area contributed by atoms with Crippen molar-refractivity contribution in [2.45, 2.75) is 32.6 Å². The summed E-state index contributed by atoms with van der Waals surface area (Å²) in [6.45, 7) is 1.83. The van der Waals surface area contributed by atoms with E-state index in [-0.39, 0.29) is 11.5 Å². The van der Waals surface area contributed by atoms with Crippen LogP contribution in [0, 0.1) is 6.92 Å². The number of nitrogens with one attached hydrogen (secondary N) is 1. The van der Waals surface area contributed by atoms with E-state index in [0.29, 0.717) is 17.1 Å². The van der Waals surface area contributed by atoms with Gasteiger partial charge in [-0.05, 0) is 62.4 Å². The highest BCUT2D eigenvalue weighted by Gasteiger charge is 2.22. The Morgan fingerprint density at radius 1 is 1.18 bits per heavy atom. The average Bonchev–Trinajstić information content (AvgIpc) is 3.19. The molecule has 2 aromatic heterocycles. The minimum Gasteiger partial charge on any atom is -0.268 e. The molecule has 0 aliphatic heterocycles. The van der Waals surface area contributed by atoms with Crippen LogP contribution in [0.15, 0.2) is 62.9 Å². The maximum atomic E-state index is 13.5. The number of nitrogens with zero attached hydrogens (tertiary/aromatic N) is 3. The maximum absolute atomic E-state index is 13.5. The van der Waals surface area contributed by atoms with Gasteiger partial charge in [0.25, 0.3) is 11.5 Å². The fourth-order valence-electron chi connectivity index (χ4n) is 4.20. The van der Waals surface area contributed by atoms with Crippen LogP contribution in [0.1, 0.15) is 45.0 Å². The first-order chi connectivity index (χ1) is 16.0. The Morgan fingerprint density at radius 2 is 2.00 bits per heavy atom. The number of carbonyl (C=O) groups excluding carboxylic acids is 1. The Balaban J connectivity index is 1.47. The standard InChI is InChI=1S/C25H21BrN4O2S/c1-15-28-24-22(19-10-3-5-12-21(19)33-24)25(32)30(15)18-9-6-8-16(13-18)23(31)29-27-14-17-7-2-4-11-20(17)26/h2,4,6-9,11,13-14H,3,5,10,12H2,1H3,(H,29,31)/b27-14+. The first-order valence-electron chi connectivity index (χ1n) is 10.7. The van der Waals surface area contributed by atoms with Gasteiger partial charge in [-0.2, -0.15) is 5.10 Å². The number of hydrogen-bond acceptors (Lipinski definition) is 5. The van der Waals surface area contributed by atoms with E-state index in [1.54, 1.807) is 40.3 Å². The number of hydrogen-bond donors (Lipinski definition) is 1. The highest BCUT2D eigenvalue weighted by atomic mass is 79.9. The van der Waals surface area contributed by atoms with Crippen LogP contribution < -0.4 is 11.0 Å². The number of thiophene rings is 1. The second-order valence-corrected chi connectivity index (χ2v) is 9.90. The number of fused-ring (bicyclic) bond motifs is 3. The lowest BCUT2D eigenvalue weighted by Gasteiger charge is -2.12. The lowest BCUT2D eigenvalue weighted by molar-refractivity contribution is 0.0955. The van der Waals surface area contributed by atoms with Crippen molar-refractivity contribution in [1.29, 1.82) is 0 Å². The molecule has 0 bridgehead atoms. The number of benzene rings is 2. The van der Waals surface area contributed by atoms with Crippen LogP contribution >= 0.6 is 27.3 Å². The molecule has 6 nitrogen and oxygen atoms in total. The van der Waals surface area contributed by atoms with E-state index in [9.17, 15) is 9.59 Å². The highest BCUT2D eigenvalue weighted by molar-refractivity contribution is 9.10. The van der Waals surface area contributed by atoms with E-state index < -0.39 is 0 Å². The molecule has 0 radical (unpaired) electrons. The maximum Gasteiger partial charge on any atom is 0.271 e. The van der Waals surface area contributed by atoms with Crippen LogP contribution in [0.4, 0.5) is 0 Å². The zero-order valence-electron chi connectivity index (χ0n) is 18.0. The van der Waals surface area contributed by atoms with E-state index in [2.05, 4.69) is 26.5 Å². The lowest BCUT2D eigenvalue weighted by Crippen LogP contribution is -2.23. The molecular formula is C25H21BrN4O2S. The number of aromatic nitrogens is 2. The number of halogens is 1. The Bertz CT molecular complexity index is 1470. The summed E-state index contributed by atoms with van der Waals surface area (Å²) in [5.74, 6) is 0.253. The Labute approximate surface area is 203 Å². The number of hydrazone groups is 1. The smallest absolute Gasteiger partial charge is 0.268 e.